The van der Waals surface area contributed by atoms with Gasteiger partial charge in [0, 0.05) is 34.8 Å². The van der Waals surface area contributed by atoms with Gasteiger partial charge in [-0.3, -0.25) is 9.52 Å². The van der Waals surface area contributed by atoms with Gasteiger partial charge in [0.15, 0.2) is 0 Å². The van der Waals surface area contributed by atoms with Crippen LogP contribution in [0.4, 0.5) is 14.5 Å². The fraction of sp³-hybridized carbons (Fsp3) is 0.250. The molecule has 0 saturated heterocycles. The van der Waals surface area contributed by atoms with Gasteiger partial charge in [0.2, 0.25) is 16.4 Å². The number of hydrogen-bond donors (Lipinski definition) is 2. The van der Waals surface area contributed by atoms with Crippen LogP contribution >= 0.6 is 0 Å². The zero-order chi connectivity index (χ0) is 24.5. The van der Waals surface area contributed by atoms with Gasteiger partial charge in [-0.15, -0.1) is 0 Å². The van der Waals surface area contributed by atoms with Crippen molar-refractivity contribution in [1.29, 1.82) is 0 Å². The van der Waals surface area contributed by atoms with Crippen molar-refractivity contribution in [3.05, 3.63) is 75.8 Å². The average molecular weight is 488 g/mol. The maximum absolute atomic E-state index is 14.0. The van der Waals surface area contributed by atoms with E-state index in [0.717, 1.165) is 11.8 Å². The van der Waals surface area contributed by atoms with Crippen molar-refractivity contribution >= 4 is 27.9 Å². The minimum atomic E-state index is -3.39. The molecular weight excluding hydrogens is 464 g/mol. The van der Waals surface area contributed by atoms with Crippen LogP contribution in [0, 0.1) is 0 Å². The highest BCUT2D eigenvalue weighted by Crippen LogP contribution is 2.56. The Balaban J connectivity index is 1.79. The zero-order valence-electron chi connectivity index (χ0n) is 18.5. The van der Waals surface area contributed by atoms with Gasteiger partial charge in [-0.05, 0) is 42.7 Å². The number of aromatic amines is 1. The molecule has 1 fully saturated rings. The van der Waals surface area contributed by atoms with Crippen molar-refractivity contribution in [1.82, 2.24) is 9.97 Å². The molecule has 4 rings (SSSR count). The van der Waals surface area contributed by atoms with Crippen molar-refractivity contribution in [2.75, 3.05) is 18.1 Å². The Labute approximate surface area is 195 Å². The normalized spacial score (nSPS) is 15.0. The summed E-state index contributed by atoms with van der Waals surface area (Å²) in [5.74, 6) is 0.320. The Morgan fingerprint density at radius 3 is 2.44 bits per heavy atom. The average Bonchev–Trinajstić information content (AvgIpc) is 3.59. The number of nitrogens with one attached hydrogen (secondary N) is 2. The molecule has 0 spiro atoms. The monoisotopic (exact) mass is 487 g/mol. The molecule has 1 aliphatic carbocycles. The van der Waals surface area contributed by atoms with Crippen LogP contribution in [-0.4, -0.2) is 38.2 Å². The number of aromatic nitrogens is 2. The second-order valence-corrected chi connectivity index (χ2v) is 9.95. The summed E-state index contributed by atoms with van der Waals surface area (Å²) in [5, 5.41) is 0. The highest BCUT2D eigenvalue weighted by atomic mass is 32.2. The SMILES string of the molecule is COc1c(C=Cc2ccc(NS(C)(=O)=O)cc2)cc(-c2ncc[nH]c2=O)cc1C1(C(F)F)CC1. The molecule has 0 amide bonds. The van der Waals surface area contributed by atoms with E-state index in [1.165, 1.54) is 19.5 Å². The number of halogens is 2. The Morgan fingerprint density at radius 2 is 1.88 bits per heavy atom. The summed E-state index contributed by atoms with van der Waals surface area (Å²) >= 11 is 0. The summed E-state index contributed by atoms with van der Waals surface area (Å²) in [6.45, 7) is 0. The van der Waals surface area contributed by atoms with Gasteiger partial charge in [-0.2, -0.15) is 0 Å². The van der Waals surface area contributed by atoms with Crippen LogP contribution < -0.4 is 15.0 Å². The van der Waals surface area contributed by atoms with E-state index in [9.17, 15) is 22.0 Å². The third-order valence-electron chi connectivity index (χ3n) is 5.71. The zero-order valence-corrected chi connectivity index (χ0v) is 19.3. The number of alkyl halides is 2. The minimum absolute atomic E-state index is 0.127. The maximum Gasteiger partial charge on any atom is 0.274 e. The quantitative estimate of drug-likeness (QED) is 0.462. The van der Waals surface area contributed by atoms with E-state index < -0.39 is 27.4 Å². The summed E-state index contributed by atoms with van der Waals surface area (Å²) in [7, 11) is -1.96. The van der Waals surface area contributed by atoms with Gasteiger partial charge < -0.3 is 9.72 Å². The van der Waals surface area contributed by atoms with E-state index in [4.69, 9.17) is 4.74 Å². The molecule has 2 aromatic carbocycles. The highest BCUT2D eigenvalue weighted by molar-refractivity contribution is 7.92. The van der Waals surface area contributed by atoms with Crippen LogP contribution in [0.1, 0.15) is 29.5 Å². The van der Waals surface area contributed by atoms with Crippen LogP contribution in [0.25, 0.3) is 23.4 Å². The number of nitrogens with zero attached hydrogens (tertiary/aromatic N) is 1. The number of ether oxygens (including phenoxy) is 1. The van der Waals surface area contributed by atoms with Crippen molar-refractivity contribution in [3.8, 4) is 17.0 Å². The number of hydrogen-bond acceptors (Lipinski definition) is 5. The van der Waals surface area contributed by atoms with E-state index in [0.29, 0.717) is 41.0 Å². The number of anilines is 1. The number of methoxy groups -OCH3 is 1. The summed E-state index contributed by atoms with van der Waals surface area (Å²) in [6.07, 6.45) is 5.43. The maximum atomic E-state index is 14.0. The first-order valence-corrected chi connectivity index (χ1v) is 12.3. The molecule has 0 unspecified atom stereocenters. The first-order valence-electron chi connectivity index (χ1n) is 10.4. The van der Waals surface area contributed by atoms with Gasteiger partial charge in [0.1, 0.15) is 11.4 Å². The van der Waals surface area contributed by atoms with E-state index >= 15 is 0 Å². The second-order valence-electron chi connectivity index (χ2n) is 8.20. The molecule has 1 saturated carbocycles. The van der Waals surface area contributed by atoms with Crippen molar-refractivity contribution in [2.45, 2.75) is 24.7 Å². The summed E-state index contributed by atoms with van der Waals surface area (Å²) < 4.78 is 58.8. The molecule has 7 nitrogen and oxygen atoms in total. The molecule has 0 bridgehead atoms. The predicted molar refractivity (Wildman–Crippen MR) is 128 cm³/mol. The molecule has 1 heterocycles. The smallest absolute Gasteiger partial charge is 0.274 e. The van der Waals surface area contributed by atoms with Crippen molar-refractivity contribution in [2.24, 2.45) is 0 Å². The van der Waals surface area contributed by atoms with Crippen LogP contribution in [0.15, 0.2) is 53.6 Å². The molecule has 178 valence electrons. The highest BCUT2D eigenvalue weighted by Gasteiger charge is 2.54. The van der Waals surface area contributed by atoms with Crippen LogP contribution in [0.5, 0.6) is 5.75 Å². The number of benzene rings is 2. The Bertz CT molecular complexity index is 1400. The lowest BCUT2D eigenvalue weighted by atomic mass is 9.90. The molecule has 1 aromatic heterocycles. The minimum Gasteiger partial charge on any atom is -0.496 e. The molecule has 0 radical (unpaired) electrons. The van der Waals surface area contributed by atoms with Crippen LogP contribution in [0.2, 0.25) is 0 Å². The van der Waals surface area contributed by atoms with Gasteiger partial charge >= 0.3 is 0 Å². The van der Waals surface area contributed by atoms with Gasteiger partial charge in [0.25, 0.3) is 5.56 Å². The molecule has 2 N–H and O–H groups in total. The fourth-order valence-corrected chi connectivity index (χ4v) is 4.43. The van der Waals surface area contributed by atoms with E-state index in [1.54, 1.807) is 48.6 Å². The molecular formula is C24H23F2N3O4S. The van der Waals surface area contributed by atoms with Crippen molar-refractivity contribution in [3.63, 3.8) is 0 Å². The fourth-order valence-electron chi connectivity index (χ4n) is 3.87. The summed E-state index contributed by atoms with van der Waals surface area (Å²) in [5.41, 5.74) is 0.834. The van der Waals surface area contributed by atoms with E-state index in [2.05, 4.69) is 14.7 Å². The molecule has 34 heavy (non-hydrogen) atoms. The lowest BCUT2D eigenvalue weighted by Gasteiger charge is -2.21. The van der Waals surface area contributed by atoms with Crippen LogP contribution in [-0.2, 0) is 15.4 Å². The number of rotatable bonds is 8. The predicted octanol–water partition coefficient (Wildman–Crippen LogP) is 4.28. The molecule has 3 aromatic rings. The summed E-state index contributed by atoms with van der Waals surface area (Å²) in [6, 6.07) is 9.90. The third-order valence-corrected chi connectivity index (χ3v) is 6.32. The Hall–Kier alpha value is -3.53. The lowest BCUT2D eigenvalue weighted by Crippen LogP contribution is -2.19. The number of H-pyrrole nitrogens is 1. The Kier molecular flexibility index (Phi) is 6.26. The van der Waals surface area contributed by atoms with Gasteiger partial charge in [-0.25, -0.2) is 22.2 Å². The van der Waals surface area contributed by atoms with E-state index in [1.807, 2.05) is 0 Å². The van der Waals surface area contributed by atoms with E-state index in [-0.39, 0.29) is 5.69 Å². The third kappa shape index (κ3) is 4.86. The van der Waals surface area contributed by atoms with Crippen molar-refractivity contribution < 1.29 is 21.9 Å². The van der Waals surface area contributed by atoms with Crippen LogP contribution in [0.3, 0.4) is 0 Å². The lowest BCUT2D eigenvalue weighted by molar-refractivity contribution is 0.100. The van der Waals surface area contributed by atoms with Gasteiger partial charge in [0.05, 0.1) is 18.8 Å². The molecule has 0 atom stereocenters. The summed E-state index contributed by atoms with van der Waals surface area (Å²) in [4.78, 5) is 19.0. The largest absolute Gasteiger partial charge is 0.496 e. The Morgan fingerprint density at radius 1 is 1.18 bits per heavy atom. The molecule has 0 aliphatic heterocycles. The first kappa shape index (κ1) is 23.6. The van der Waals surface area contributed by atoms with Gasteiger partial charge in [-0.1, -0.05) is 24.3 Å². The topological polar surface area (TPSA) is 101 Å². The first-order chi connectivity index (χ1) is 16.1. The number of sulfonamides is 1. The standard InChI is InChI=1S/C24H23F2N3O4S/c1-33-21-16(6-3-15-4-7-18(8-5-15)29-34(2,31)32)13-17(20-22(30)28-12-11-27-20)14-19(21)24(9-10-24)23(25)26/h3-8,11-14,23,29H,9-10H2,1-2H3,(H,28,30). The second kappa shape index (κ2) is 9.02. The molecule has 10 heteroatoms. The molecule has 1 aliphatic rings.